The lowest BCUT2D eigenvalue weighted by Crippen LogP contribution is -2.56. The number of hydrogen-bond donors (Lipinski definition) is 3. The molecule has 1 saturated carbocycles. The molecule has 1 aliphatic carbocycles. The molecule has 192 valence electrons. The van der Waals surface area contributed by atoms with Crippen molar-refractivity contribution in [2.24, 2.45) is 5.92 Å². The van der Waals surface area contributed by atoms with Gasteiger partial charge in [-0.1, -0.05) is 88.6 Å². The highest BCUT2D eigenvalue weighted by molar-refractivity contribution is 7.80. The Kier molecular flexibility index (Phi) is 13.7. The Bertz CT molecular complexity index is 709. The summed E-state index contributed by atoms with van der Waals surface area (Å²) in [6.45, 7) is 4.57. The van der Waals surface area contributed by atoms with Gasteiger partial charge in [-0.15, -0.1) is 0 Å². The fraction of sp³-hybridized carbons (Fsp3) is 0.714. The number of carbonyl (C=O) groups is 2. The van der Waals surface area contributed by atoms with Gasteiger partial charge >= 0.3 is 0 Å². The Balaban J connectivity index is 2.08. The Labute approximate surface area is 212 Å². The van der Waals surface area contributed by atoms with E-state index in [-0.39, 0.29) is 23.6 Å². The van der Waals surface area contributed by atoms with E-state index in [0.717, 1.165) is 51.4 Å². The maximum atomic E-state index is 13.9. The predicted molar refractivity (Wildman–Crippen MR) is 143 cm³/mol. The zero-order valence-corrected chi connectivity index (χ0v) is 22.1. The maximum Gasteiger partial charge on any atom is 0.242 e. The fourth-order valence-electron chi connectivity index (χ4n) is 5.06. The van der Waals surface area contributed by atoms with Gasteiger partial charge in [0.25, 0.3) is 0 Å². The molecule has 0 saturated heterocycles. The lowest BCUT2D eigenvalue weighted by Gasteiger charge is -2.40. The monoisotopic (exact) mass is 490 g/mol. The molecule has 2 amide bonds. The quantitative estimate of drug-likeness (QED) is 0.235. The molecule has 1 aromatic carbocycles. The summed E-state index contributed by atoms with van der Waals surface area (Å²) in [6, 6.07) is 9.59. The molecule has 0 bridgehead atoms. The number of nitrogens with one attached hydrogen (secondary N) is 1. The second-order valence-corrected chi connectivity index (χ2v) is 10.2. The van der Waals surface area contributed by atoms with Crippen molar-refractivity contribution in [1.29, 1.82) is 0 Å². The topological polar surface area (TPSA) is 69.6 Å². The van der Waals surface area contributed by atoms with Gasteiger partial charge in [0.05, 0.1) is 12.0 Å². The first-order chi connectivity index (χ1) is 16.5. The fourth-order valence-corrected chi connectivity index (χ4v) is 5.32. The van der Waals surface area contributed by atoms with Crippen LogP contribution in [0, 0.1) is 5.92 Å². The molecule has 0 spiro atoms. The average molecular weight is 491 g/mol. The second-order valence-electron chi connectivity index (χ2n) is 9.80. The first kappa shape index (κ1) is 28.7. The molecule has 2 N–H and O–H groups in total. The van der Waals surface area contributed by atoms with Crippen molar-refractivity contribution in [3.8, 4) is 0 Å². The molecule has 34 heavy (non-hydrogen) atoms. The third-order valence-corrected chi connectivity index (χ3v) is 7.54. The van der Waals surface area contributed by atoms with Crippen LogP contribution in [0.15, 0.2) is 30.3 Å². The first-order valence-corrected chi connectivity index (χ1v) is 14.1. The van der Waals surface area contributed by atoms with Gasteiger partial charge in [-0.3, -0.25) is 9.59 Å². The standard InChI is InChI=1S/C28H46N2O3S/c1-3-4-5-6-13-18-25(26(31)21-34)28(33)30(24-16-11-8-12-17-24)22(2)27(32)29-20-19-23-14-9-7-10-15-23/h7,9-10,14-15,22,24-26,31,34H,3-6,8,11-13,16-21H2,1-2H3,(H,29,32)/t22-,25?,26+/m0/s1. The van der Waals surface area contributed by atoms with E-state index in [1.807, 2.05) is 30.0 Å². The van der Waals surface area contributed by atoms with E-state index in [0.29, 0.717) is 13.0 Å². The highest BCUT2D eigenvalue weighted by atomic mass is 32.1. The van der Waals surface area contributed by atoms with Crippen molar-refractivity contribution in [3.05, 3.63) is 35.9 Å². The lowest BCUT2D eigenvalue weighted by atomic mass is 9.89. The van der Waals surface area contributed by atoms with Gasteiger partial charge in [0.15, 0.2) is 0 Å². The first-order valence-electron chi connectivity index (χ1n) is 13.4. The summed E-state index contributed by atoms with van der Waals surface area (Å²) in [5.74, 6) is -0.436. The second kappa shape index (κ2) is 16.2. The summed E-state index contributed by atoms with van der Waals surface area (Å²) >= 11 is 4.30. The highest BCUT2D eigenvalue weighted by Crippen LogP contribution is 2.28. The Hall–Kier alpha value is -1.53. The molecule has 2 rings (SSSR count). The zero-order valence-electron chi connectivity index (χ0n) is 21.3. The number of nitrogens with zero attached hydrogens (tertiary/aromatic N) is 1. The number of thiol groups is 1. The number of hydrogen-bond acceptors (Lipinski definition) is 4. The van der Waals surface area contributed by atoms with Crippen LogP contribution < -0.4 is 5.32 Å². The summed E-state index contributed by atoms with van der Waals surface area (Å²) in [4.78, 5) is 28.8. The smallest absolute Gasteiger partial charge is 0.242 e. The van der Waals surface area contributed by atoms with Gasteiger partial charge in [-0.2, -0.15) is 12.6 Å². The van der Waals surface area contributed by atoms with Crippen LogP contribution in [0.3, 0.4) is 0 Å². The van der Waals surface area contributed by atoms with Crippen LogP contribution in [0.25, 0.3) is 0 Å². The van der Waals surface area contributed by atoms with E-state index >= 15 is 0 Å². The summed E-state index contributed by atoms with van der Waals surface area (Å²) in [7, 11) is 0. The third kappa shape index (κ3) is 9.26. The van der Waals surface area contributed by atoms with Gasteiger partial charge in [0.2, 0.25) is 11.8 Å². The van der Waals surface area contributed by atoms with E-state index < -0.39 is 18.1 Å². The van der Waals surface area contributed by atoms with Crippen LogP contribution >= 0.6 is 12.6 Å². The molecule has 1 fully saturated rings. The molecule has 0 aromatic heterocycles. The van der Waals surface area contributed by atoms with Crippen molar-refractivity contribution in [2.45, 2.75) is 109 Å². The molecule has 0 aliphatic heterocycles. The van der Waals surface area contributed by atoms with Crippen LogP contribution in [0.2, 0.25) is 0 Å². The molecule has 0 radical (unpaired) electrons. The molecule has 5 nitrogen and oxygen atoms in total. The van der Waals surface area contributed by atoms with Gasteiger partial charge in [-0.05, 0) is 38.2 Å². The number of carbonyl (C=O) groups excluding carboxylic acids is 2. The largest absolute Gasteiger partial charge is 0.391 e. The summed E-state index contributed by atoms with van der Waals surface area (Å²) in [5.41, 5.74) is 1.18. The SMILES string of the molecule is CCCCCCCC(C(=O)N(C1CCCCC1)[C@@H](C)C(=O)NCCc1ccccc1)[C@H](O)CS. The van der Waals surface area contributed by atoms with E-state index in [2.05, 4.69) is 37.0 Å². The number of amides is 2. The Morgan fingerprint density at radius 2 is 1.76 bits per heavy atom. The van der Waals surface area contributed by atoms with Gasteiger partial charge in [0, 0.05) is 18.3 Å². The van der Waals surface area contributed by atoms with Crippen molar-refractivity contribution in [2.75, 3.05) is 12.3 Å². The van der Waals surface area contributed by atoms with E-state index in [9.17, 15) is 14.7 Å². The Morgan fingerprint density at radius 3 is 2.41 bits per heavy atom. The molecule has 6 heteroatoms. The Morgan fingerprint density at radius 1 is 1.09 bits per heavy atom. The zero-order chi connectivity index (χ0) is 24.8. The van der Waals surface area contributed by atoms with Crippen molar-refractivity contribution >= 4 is 24.4 Å². The van der Waals surface area contributed by atoms with Crippen molar-refractivity contribution < 1.29 is 14.7 Å². The average Bonchev–Trinajstić information content (AvgIpc) is 2.87. The maximum absolute atomic E-state index is 13.9. The van der Waals surface area contributed by atoms with Crippen LogP contribution in [0.5, 0.6) is 0 Å². The summed E-state index contributed by atoms with van der Waals surface area (Å²) < 4.78 is 0. The van der Waals surface area contributed by atoms with Crippen LogP contribution in [-0.2, 0) is 16.0 Å². The lowest BCUT2D eigenvalue weighted by molar-refractivity contribution is -0.149. The minimum absolute atomic E-state index is 0.0610. The number of unbranched alkanes of at least 4 members (excludes halogenated alkanes) is 4. The normalized spacial score (nSPS) is 17.1. The molecule has 0 heterocycles. The molecule has 1 unspecified atom stereocenters. The molecular formula is C28H46N2O3S. The van der Waals surface area contributed by atoms with E-state index in [1.165, 1.54) is 24.8 Å². The number of benzene rings is 1. The summed E-state index contributed by atoms with van der Waals surface area (Å²) in [5, 5.41) is 13.7. The minimum atomic E-state index is -0.790. The highest BCUT2D eigenvalue weighted by Gasteiger charge is 2.38. The van der Waals surface area contributed by atoms with Crippen LogP contribution in [0.1, 0.15) is 90.0 Å². The molecular weight excluding hydrogens is 444 g/mol. The third-order valence-electron chi connectivity index (χ3n) is 7.16. The number of aliphatic hydroxyl groups excluding tert-OH is 1. The predicted octanol–water partition coefficient (Wildman–Crippen LogP) is 5.16. The van der Waals surface area contributed by atoms with Crippen LogP contribution in [0.4, 0.5) is 0 Å². The molecule has 1 aliphatic rings. The molecule has 1 aromatic rings. The van der Waals surface area contributed by atoms with Crippen molar-refractivity contribution in [3.63, 3.8) is 0 Å². The number of aliphatic hydroxyl groups is 1. The van der Waals surface area contributed by atoms with Gasteiger partial charge < -0.3 is 15.3 Å². The van der Waals surface area contributed by atoms with E-state index in [1.54, 1.807) is 0 Å². The van der Waals surface area contributed by atoms with Gasteiger partial charge in [-0.25, -0.2) is 0 Å². The molecule has 3 atom stereocenters. The van der Waals surface area contributed by atoms with E-state index in [4.69, 9.17) is 0 Å². The van der Waals surface area contributed by atoms with Crippen molar-refractivity contribution in [1.82, 2.24) is 10.2 Å². The number of rotatable bonds is 15. The summed E-state index contributed by atoms with van der Waals surface area (Å²) in [6.07, 6.45) is 11.3. The van der Waals surface area contributed by atoms with Gasteiger partial charge in [0.1, 0.15) is 6.04 Å². The van der Waals surface area contributed by atoms with Crippen LogP contribution in [-0.4, -0.2) is 52.3 Å². The minimum Gasteiger partial charge on any atom is -0.391 e.